The Balaban J connectivity index is 1.54. The molecular weight excluding hydrogens is 256 g/mol. The molecule has 1 spiro atoms. The van der Waals surface area contributed by atoms with Gasteiger partial charge in [0.05, 0.1) is 19.3 Å². The van der Waals surface area contributed by atoms with Crippen molar-refractivity contribution in [2.75, 3.05) is 46.4 Å². The van der Waals surface area contributed by atoms with E-state index in [0.29, 0.717) is 12.8 Å². The number of ether oxygens (including phenoxy) is 1. The summed E-state index contributed by atoms with van der Waals surface area (Å²) in [6, 6.07) is 0. The maximum atomic E-state index is 12.3. The van der Waals surface area contributed by atoms with E-state index in [1.807, 2.05) is 4.90 Å². The molecule has 2 heterocycles. The lowest BCUT2D eigenvalue weighted by Crippen LogP contribution is -2.51. The van der Waals surface area contributed by atoms with Gasteiger partial charge in [0.1, 0.15) is 0 Å². The molecule has 1 N–H and O–H groups in total. The number of hydrogen-bond acceptors (Lipinski definition) is 4. The average Bonchev–Trinajstić information content (AvgIpc) is 2.57. The molecule has 0 aromatic heterocycles. The van der Waals surface area contributed by atoms with Gasteiger partial charge in [0.15, 0.2) is 0 Å². The monoisotopic (exact) mass is 282 g/mol. The molecule has 5 heteroatoms. The fraction of sp³-hybridized carbons (Fsp3) is 0.933. The highest BCUT2D eigenvalue weighted by molar-refractivity contribution is 5.80. The Morgan fingerprint density at radius 2 is 1.95 bits per heavy atom. The van der Waals surface area contributed by atoms with Crippen molar-refractivity contribution in [3.63, 3.8) is 0 Å². The van der Waals surface area contributed by atoms with E-state index in [2.05, 4.69) is 11.9 Å². The van der Waals surface area contributed by atoms with E-state index in [0.717, 1.165) is 52.2 Å². The molecule has 0 radical (unpaired) electrons. The molecule has 0 aromatic rings. The van der Waals surface area contributed by atoms with E-state index in [9.17, 15) is 9.90 Å². The van der Waals surface area contributed by atoms with Gasteiger partial charge >= 0.3 is 0 Å². The molecule has 2 saturated heterocycles. The smallest absolute Gasteiger partial charge is 0.225 e. The Bertz CT molecular complexity index is 360. The van der Waals surface area contributed by atoms with Crippen molar-refractivity contribution in [2.24, 2.45) is 11.3 Å². The molecule has 1 saturated carbocycles. The maximum Gasteiger partial charge on any atom is 0.225 e. The molecule has 5 nitrogen and oxygen atoms in total. The van der Waals surface area contributed by atoms with Crippen LogP contribution < -0.4 is 0 Å². The topological polar surface area (TPSA) is 53.0 Å². The van der Waals surface area contributed by atoms with Crippen LogP contribution in [0.3, 0.4) is 0 Å². The first-order valence-electron chi connectivity index (χ1n) is 7.81. The lowest BCUT2D eigenvalue weighted by atomic mass is 9.77. The number of rotatable bonds is 1. The summed E-state index contributed by atoms with van der Waals surface area (Å²) < 4.78 is 5.77. The summed E-state index contributed by atoms with van der Waals surface area (Å²) in [6.45, 7) is 5.44. The third kappa shape index (κ3) is 2.85. The Kier molecular flexibility index (Phi) is 4.02. The zero-order valence-corrected chi connectivity index (χ0v) is 12.4. The van der Waals surface area contributed by atoms with Crippen LogP contribution >= 0.6 is 0 Å². The molecule has 1 aliphatic carbocycles. The number of likely N-dealkylation sites (N-methyl/N-ethyl adjacent to an activating group) is 1. The third-order valence-electron chi connectivity index (χ3n) is 5.23. The van der Waals surface area contributed by atoms with Crippen molar-refractivity contribution in [3.8, 4) is 0 Å². The van der Waals surface area contributed by atoms with Crippen molar-refractivity contribution in [2.45, 2.75) is 31.8 Å². The normalized spacial score (nSPS) is 34.6. The number of amides is 1. The van der Waals surface area contributed by atoms with Gasteiger partial charge in [0, 0.05) is 37.5 Å². The van der Waals surface area contributed by atoms with Gasteiger partial charge in [0.25, 0.3) is 0 Å². The van der Waals surface area contributed by atoms with Crippen LogP contribution in [-0.4, -0.2) is 73.4 Å². The maximum absolute atomic E-state index is 12.3. The summed E-state index contributed by atoms with van der Waals surface area (Å²) in [6.07, 6.45) is 3.15. The van der Waals surface area contributed by atoms with Gasteiger partial charge in [-0.15, -0.1) is 0 Å². The Morgan fingerprint density at radius 1 is 1.25 bits per heavy atom. The fourth-order valence-electron chi connectivity index (χ4n) is 3.76. The molecule has 0 unspecified atom stereocenters. The molecule has 3 fully saturated rings. The van der Waals surface area contributed by atoms with E-state index in [1.54, 1.807) is 0 Å². The van der Waals surface area contributed by atoms with Crippen LogP contribution in [0.4, 0.5) is 0 Å². The van der Waals surface area contributed by atoms with Crippen LogP contribution in [0.1, 0.15) is 25.7 Å². The quantitative estimate of drug-likeness (QED) is 0.753. The summed E-state index contributed by atoms with van der Waals surface area (Å²) in [7, 11) is 2.16. The number of hydrogen-bond donors (Lipinski definition) is 1. The zero-order valence-electron chi connectivity index (χ0n) is 12.4. The predicted octanol–water partition coefficient (Wildman–Crippen LogP) is 0.328. The largest absolute Gasteiger partial charge is 0.393 e. The van der Waals surface area contributed by atoms with Crippen molar-refractivity contribution in [3.05, 3.63) is 0 Å². The lowest BCUT2D eigenvalue weighted by molar-refractivity contribution is -0.145. The molecule has 20 heavy (non-hydrogen) atoms. The van der Waals surface area contributed by atoms with Crippen LogP contribution in [0.25, 0.3) is 0 Å². The van der Waals surface area contributed by atoms with Gasteiger partial charge in [-0.1, -0.05) is 0 Å². The van der Waals surface area contributed by atoms with E-state index in [4.69, 9.17) is 4.74 Å². The minimum Gasteiger partial charge on any atom is -0.393 e. The van der Waals surface area contributed by atoms with Gasteiger partial charge in [-0.2, -0.15) is 0 Å². The van der Waals surface area contributed by atoms with E-state index in [-0.39, 0.29) is 23.3 Å². The lowest BCUT2D eigenvalue weighted by Gasteiger charge is -2.44. The number of piperidine rings is 1. The number of carbonyl (C=O) groups is 1. The summed E-state index contributed by atoms with van der Waals surface area (Å²) in [5, 5.41) is 9.33. The zero-order chi connectivity index (χ0) is 14.2. The van der Waals surface area contributed by atoms with Crippen molar-refractivity contribution in [1.82, 2.24) is 9.80 Å². The minimum atomic E-state index is -0.246. The third-order valence-corrected chi connectivity index (χ3v) is 5.23. The van der Waals surface area contributed by atoms with Gasteiger partial charge in [-0.25, -0.2) is 0 Å². The first-order valence-corrected chi connectivity index (χ1v) is 7.81. The molecular formula is C15H26N2O3. The summed E-state index contributed by atoms with van der Waals surface area (Å²) in [5.74, 6) is 0.333. The van der Waals surface area contributed by atoms with Crippen LogP contribution in [0.5, 0.6) is 0 Å². The van der Waals surface area contributed by atoms with Gasteiger partial charge < -0.3 is 19.6 Å². The number of aliphatic hydroxyl groups excluding tert-OH is 1. The van der Waals surface area contributed by atoms with Crippen LogP contribution in [0.2, 0.25) is 0 Å². The molecule has 3 aliphatic rings. The Morgan fingerprint density at radius 3 is 2.60 bits per heavy atom. The molecule has 0 atom stereocenters. The molecule has 2 aliphatic heterocycles. The first-order chi connectivity index (χ1) is 9.58. The van der Waals surface area contributed by atoms with Crippen LogP contribution in [-0.2, 0) is 9.53 Å². The van der Waals surface area contributed by atoms with E-state index >= 15 is 0 Å². The van der Waals surface area contributed by atoms with Gasteiger partial charge in [-0.05, 0) is 32.7 Å². The second-order valence-electron chi connectivity index (χ2n) is 6.94. The minimum absolute atomic E-state index is 0.0760. The Hall–Kier alpha value is -0.650. The summed E-state index contributed by atoms with van der Waals surface area (Å²) in [5.41, 5.74) is 0.237. The molecule has 0 bridgehead atoms. The predicted molar refractivity (Wildman–Crippen MR) is 75.3 cm³/mol. The number of likely N-dealkylation sites (tertiary alicyclic amines) is 1. The number of carbonyl (C=O) groups excluding carboxylic acids is 1. The molecule has 1 amide bonds. The van der Waals surface area contributed by atoms with Gasteiger partial charge in [0.2, 0.25) is 5.91 Å². The molecule has 3 rings (SSSR count). The summed E-state index contributed by atoms with van der Waals surface area (Å²) >= 11 is 0. The first kappa shape index (κ1) is 14.3. The SMILES string of the molecule is CN1CCOCC2(CCN(C(=O)C3CC(O)C3)CC2)C1. The van der Waals surface area contributed by atoms with E-state index < -0.39 is 0 Å². The highest BCUT2D eigenvalue weighted by Crippen LogP contribution is 2.36. The highest BCUT2D eigenvalue weighted by atomic mass is 16.5. The summed E-state index contributed by atoms with van der Waals surface area (Å²) in [4.78, 5) is 16.7. The highest BCUT2D eigenvalue weighted by Gasteiger charge is 2.41. The van der Waals surface area contributed by atoms with Crippen LogP contribution in [0, 0.1) is 11.3 Å². The van der Waals surface area contributed by atoms with Crippen molar-refractivity contribution in [1.29, 1.82) is 0 Å². The second-order valence-corrected chi connectivity index (χ2v) is 6.94. The average molecular weight is 282 g/mol. The van der Waals surface area contributed by atoms with Crippen LogP contribution in [0.15, 0.2) is 0 Å². The van der Waals surface area contributed by atoms with E-state index in [1.165, 1.54) is 0 Å². The molecule has 114 valence electrons. The number of nitrogens with zero attached hydrogens (tertiary/aromatic N) is 2. The van der Waals surface area contributed by atoms with Gasteiger partial charge in [-0.3, -0.25) is 4.79 Å². The van der Waals surface area contributed by atoms with Crippen molar-refractivity contribution >= 4 is 5.91 Å². The molecule has 0 aromatic carbocycles. The fourth-order valence-corrected chi connectivity index (χ4v) is 3.76. The number of aliphatic hydroxyl groups is 1. The Labute approximate surface area is 120 Å². The van der Waals surface area contributed by atoms with Crippen molar-refractivity contribution < 1.29 is 14.6 Å². The second kappa shape index (κ2) is 5.62. The standard InChI is InChI=1S/C15H26N2O3/c1-16-6-7-20-11-15(10-16)2-4-17(5-3-15)14(19)12-8-13(18)9-12/h12-13,18H,2-11H2,1H3.